The van der Waals surface area contributed by atoms with Crippen molar-refractivity contribution in [2.75, 3.05) is 14.2 Å². The number of carbonyl (C=O) groups is 2. The number of hydrogen-bond acceptors (Lipinski definition) is 6. The van der Waals surface area contributed by atoms with Crippen molar-refractivity contribution in [3.63, 3.8) is 0 Å². The van der Waals surface area contributed by atoms with Crippen LogP contribution in [0.4, 0.5) is 0 Å². The van der Waals surface area contributed by atoms with Crippen LogP contribution >= 0.6 is 0 Å². The Labute approximate surface area is 181 Å². The van der Waals surface area contributed by atoms with Gasteiger partial charge in [0.1, 0.15) is 6.10 Å². The van der Waals surface area contributed by atoms with Gasteiger partial charge in [0.05, 0.1) is 31.8 Å². The molecular formula is C24H28N2O5. The Morgan fingerprint density at radius 2 is 1.65 bits per heavy atom. The number of methoxy groups -OCH3 is 2. The highest BCUT2D eigenvalue weighted by atomic mass is 16.6. The van der Waals surface area contributed by atoms with Crippen molar-refractivity contribution >= 4 is 17.5 Å². The lowest BCUT2D eigenvalue weighted by molar-refractivity contribution is -0.144. The van der Waals surface area contributed by atoms with Gasteiger partial charge in [0, 0.05) is 23.4 Å². The molecule has 0 unspecified atom stereocenters. The van der Waals surface area contributed by atoms with E-state index < -0.39 is 0 Å². The van der Waals surface area contributed by atoms with Crippen LogP contribution in [-0.4, -0.2) is 48.8 Å². The van der Waals surface area contributed by atoms with Crippen LogP contribution in [0, 0.1) is 29.6 Å². The highest BCUT2D eigenvalue weighted by Gasteiger charge is 2.70. The number of hydrogen-bond donors (Lipinski definition) is 0. The zero-order valence-electron chi connectivity index (χ0n) is 18.0. The van der Waals surface area contributed by atoms with Crippen molar-refractivity contribution in [1.29, 1.82) is 0 Å². The van der Waals surface area contributed by atoms with Gasteiger partial charge in [-0.2, -0.15) is 0 Å². The minimum absolute atomic E-state index is 0.0485. The van der Waals surface area contributed by atoms with E-state index >= 15 is 0 Å². The summed E-state index contributed by atoms with van der Waals surface area (Å²) in [5.41, 5.74) is 1.79. The summed E-state index contributed by atoms with van der Waals surface area (Å²) in [6.45, 7) is 0. The summed E-state index contributed by atoms with van der Waals surface area (Å²) in [6, 6.07) is 5.85. The molecular weight excluding hydrogens is 396 g/mol. The quantitative estimate of drug-likeness (QED) is 0.695. The molecule has 0 N–H and O–H groups in total. The molecule has 6 atom stereocenters. The molecule has 3 saturated carbocycles. The van der Waals surface area contributed by atoms with E-state index in [-0.39, 0.29) is 53.5 Å². The minimum atomic E-state index is -0.222. The smallest absolute Gasteiger partial charge is 0.233 e. The number of benzene rings is 1. The summed E-state index contributed by atoms with van der Waals surface area (Å²) >= 11 is 0. The number of fused-ring (bicyclic) bond motifs is 8. The first-order valence-electron chi connectivity index (χ1n) is 11.5. The van der Waals surface area contributed by atoms with Crippen molar-refractivity contribution in [2.45, 2.75) is 50.7 Å². The maximum Gasteiger partial charge on any atom is 0.233 e. The molecule has 6 rings (SSSR count). The van der Waals surface area contributed by atoms with Crippen molar-refractivity contribution in [3.8, 4) is 11.5 Å². The van der Waals surface area contributed by atoms with Crippen LogP contribution in [0.15, 0.2) is 23.4 Å². The predicted molar refractivity (Wildman–Crippen MR) is 112 cm³/mol. The lowest BCUT2D eigenvalue weighted by atomic mass is 9.71. The van der Waals surface area contributed by atoms with E-state index in [2.05, 4.69) is 5.16 Å². The Morgan fingerprint density at radius 3 is 2.35 bits per heavy atom. The van der Waals surface area contributed by atoms with E-state index in [9.17, 15) is 9.59 Å². The average Bonchev–Trinajstić information content (AvgIpc) is 3.54. The monoisotopic (exact) mass is 424 g/mol. The third-order valence-corrected chi connectivity index (χ3v) is 8.34. The van der Waals surface area contributed by atoms with Crippen molar-refractivity contribution in [2.24, 2.45) is 34.7 Å². The number of rotatable bonds is 4. The lowest BCUT2D eigenvalue weighted by Gasteiger charge is -2.30. The fourth-order valence-electron chi connectivity index (χ4n) is 7.08. The third kappa shape index (κ3) is 2.55. The second kappa shape index (κ2) is 6.97. The van der Waals surface area contributed by atoms with Crippen LogP contribution in [0.25, 0.3) is 0 Å². The maximum atomic E-state index is 13.5. The summed E-state index contributed by atoms with van der Waals surface area (Å²) in [7, 11) is 3.22. The molecule has 1 aromatic carbocycles. The largest absolute Gasteiger partial charge is 0.493 e. The van der Waals surface area contributed by atoms with Crippen LogP contribution in [-0.2, 0) is 14.4 Å². The Morgan fingerprint density at radius 1 is 0.935 bits per heavy atom. The average molecular weight is 424 g/mol. The van der Waals surface area contributed by atoms with E-state index in [1.165, 1.54) is 6.42 Å². The standard InChI is InChI=1S/C24H28N2O5/c1-29-16-9-8-12(10-17(16)30-2)21-20-14-11-15(22(20)31-25-21)19-18(14)23(27)26(24(19)28)13-6-4-3-5-7-13/h8-10,13-15,18-20,22H,3-7,11H2,1-2H3/t14-,15+,18+,19-,20+,22+/m1/s1. The molecule has 0 radical (unpaired) electrons. The molecule has 5 aliphatic rings. The Hall–Kier alpha value is -2.57. The summed E-state index contributed by atoms with van der Waals surface area (Å²) in [5.74, 6) is 1.21. The number of ether oxygens (including phenoxy) is 2. The summed E-state index contributed by atoms with van der Waals surface area (Å²) in [4.78, 5) is 34.4. The maximum absolute atomic E-state index is 13.5. The third-order valence-electron chi connectivity index (χ3n) is 8.34. The highest BCUT2D eigenvalue weighted by Crippen LogP contribution is 2.62. The fraction of sp³-hybridized carbons (Fsp3) is 0.625. The molecule has 1 saturated heterocycles. The number of oxime groups is 1. The van der Waals surface area contributed by atoms with E-state index in [1.807, 2.05) is 18.2 Å². The zero-order chi connectivity index (χ0) is 21.3. The van der Waals surface area contributed by atoms with Gasteiger partial charge in [-0.05, 0) is 43.4 Å². The zero-order valence-corrected chi connectivity index (χ0v) is 18.0. The van der Waals surface area contributed by atoms with Crippen molar-refractivity contribution in [3.05, 3.63) is 23.8 Å². The molecule has 1 aromatic rings. The molecule has 31 heavy (non-hydrogen) atoms. The number of imide groups is 1. The first-order valence-corrected chi connectivity index (χ1v) is 11.5. The van der Waals surface area contributed by atoms with Gasteiger partial charge in [-0.1, -0.05) is 24.4 Å². The first kappa shape index (κ1) is 19.1. The molecule has 3 aliphatic carbocycles. The van der Waals surface area contributed by atoms with E-state index in [4.69, 9.17) is 14.3 Å². The summed E-state index contributed by atoms with van der Waals surface area (Å²) in [5, 5.41) is 4.43. The molecule has 164 valence electrons. The molecule has 2 aliphatic heterocycles. The Balaban J connectivity index is 1.30. The molecule has 0 spiro atoms. The Bertz CT molecular complexity index is 969. The SMILES string of the molecule is COc1ccc(C2=NO[C@H]3[C@H]4C[C@@H]([C@@H]23)[C@@H]2C(=O)N(C3CCCCC3)C(=O)[C@H]42)cc1OC. The fourth-order valence-corrected chi connectivity index (χ4v) is 7.08. The van der Waals surface area contributed by atoms with Crippen molar-refractivity contribution < 1.29 is 23.9 Å². The highest BCUT2D eigenvalue weighted by molar-refractivity contribution is 6.09. The second-order valence-corrected chi connectivity index (χ2v) is 9.60. The van der Waals surface area contributed by atoms with Crippen LogP contribution < -0.4 is 9.47 Å². The van der Waals surface area contributed by atoms with Crippen LogP contribution in [0.5, 0.6) is 11.5 Å². The van der Waals surface area contributed by atoms with Crippen LogP contribution in [0.3, 0.4) is 0 Å². The molecule has 2 amide bonds. The van der Waals surface area contributed by atoms with Gasteiger partial charge in [-0.25, -0.2) is 0 Å². The van der Waals surface area contributed by atoms with Gasteiger partial charge in [0.25, 0.3) is 0 Å². The van der Waals surface area contributed by atoms with E-state index in [1.54, 1.807) is 19.1 Å². The number of nitrogens with zero attached hydrogens (tertiary/aromatic N) is 2. The molecule has 4 fully saturated rings. The molecule has 0 aromatic heterocycles. The van der Waals surface area contributed by atoms with Gasteiger partial charge in [0.2, 0.25) is 11.8 Å². The minimum Gasteiger partial charge on any atom is -0.493 e. The Kier molecular flexibility index (Phi) is 4.30. The summed E-state index contributed by atoms with van der Waals surface area (Å²) in [6.07, 6.45) is 6.07. The molecule has 7 nitrogen and oxygen atoms in total. The number of carbonyl (C=O) groups excluding carboxylic acids is 2. The normalized spacial score (nSPS) is 36.3. The van der Waals surface area contributed by atoms with Gasteiger partial charge >= 0.3 is 0 Å². The molecule has 2 bridgehead atoms. The van der Waals surface area contributed by atoms with Crippen LogP contribution in [0.1, 0.15) is 44.1 Å². The molecule has 7 heteroatoms. The van der Waals surface area contributed by atoms with Crippen molar-refractivity contribution in [1.82, 2.24) is 4.90 Å². The first-order chi connectivity index (χ1) is 15.1. The van der Waals surface area contributed by atoms with Gasteiger partial charge < -0.3 is 14.3 Å². The molecule has 2 heterocycles. The predicted octanol–water partition coefficient (Wildman–Crippen LogP) is 3.01. The van der Waals surface area contributed by atoms with Crippen LogP contribution in [0.2, 0.25) is 0 Å². The summed E-state index contributed by atoms with van der Waals surface area (Å²) < 4.78 is 10.8. The topological polar surface area (TPSA) is 77.4 Å². The number of amides is 2. The van der Waals surface area contributed by atoms with E-state index in [0.717, 1.165) is 43.4 Å². The van der Waals surface area contributed by atoms with Gasteiger partial charge in [-0.3, -0.25) is 14.5 Å². The van der Waals surface area contributed by atoms with Gasteiger partial charge in [0.15, 0.2) is 11.5 Å². The second-order valence-electron chi connectivity index (χ2n) is 9.60. The van der Waals surface area contributed by atoms with E-state index in [0.29, 0.717) is 11.5 Å². The number of likely N-dealkylation sites (tertiary alicyclic amines) is 1. The van der Waals surface area contributed by atoms with Gasteiger partial charge in [-0.15, -0.1) is 0 Å². The lowest BCUT2D eigenvalue weighted by Crippen LogP contribution is -2.42.